The van der Waals surface area contributed by atoms with E-state index in [9.17, 15) is 0 Å². The van der Waals surface area contributed by atoms with Gasteiger partial charge in [-0.3, -0.25) is 0 Å². The molecular formula is C12H23NS. The lowest BCUT2D eigenvalue weighted by Gasteiger charge is -2.42. The first kappa shape index (κ1) is 10.8. The number of thioether (sulfide) groups is 1. The zero-order valence-corrected chi connectivity index (χ0v) is 10.2. The molecule has 1 aliphatic carbocycles. The van der Waals surface area contributed by atoms with Crippen LogP contribution in [0.3, 0.4) is 0 Å². The summed E-state index contributed by atoms with van der Waals surface area (Å²) in [5, 5.41) is 3.80. The Bertz CT molecular complexity index is 166. The smallest absolute Gasteiger partial charge is 0.00830 e. The second-order valence-corrected chi connectivity index (χ2v) is 6.20. The first-order valence-corrected chi connectivity index (χ1v) is 7.31. The summed E-state index contributed by atoms with van der Waals surface area (Å²) in [6.45, 7) is 3.65. The van der Waals surface area contributed by atoms with Gasteiger partial charge in [0, 0.05) is 12.6 Å². The Morgan fingerprint density at radius 2 is 2.00 bits per heavy atom. The maximum Gasteiger partial charge on any atom is 0.00830 e. The van der Waals surface area contributed by atoms with Gasteiger partial charge in [-0.2, -0.15) is 11.8 Å². The van der Waals surface area contributed by atoms with E-state index in [0.29, 0.717) is 5.41 Å². The van der Waals surface area contributed by atoms with Gasteiger partial charge < -0.3 is 5.32 Å². The minimum absolute atomic E-state index is 0.699. The van der Waals surface area contributed by atoms with Gasteiger partial charge in [0.1, 0.15) is 0 Å². The van der Waals surface area contributed by atoms with Crippen LogP contribution in [0.25, 0.3) is 0 Å². The first-order chi connectivity index (χ1) is 6.85. The van der Waals surface area contributed by atoms with Gasteiger partial charge in [0.2, 0.25) is 0 Å². The monoisotopic (exact) mass is 213 g/mol. The normalized spacial score (nSPS) is 27.2. The Hall–Kier alpha value is 0.310. The molecule has 14 heavy (non-hydrogen) atoms. The Morgan fingerprint density at radius 1 is 1.29 bits per heavy atom. The van der Waals surface area contributed by atoms with Crippen molar-refractivity contribution in [2.45, 2.75) is 51.5 Å². The minimum atomic E-state index is 0.699. The van der Waals surface area contributed by atoms with E-state index in [4.69, 9.17) is 0 Å². The molecule has 1 nitrogen and oxygen atoms in total. The standard InChI is InChI=1S/C12H23NS/c1-2-12(6-3-7-12)10-13-11-4-8-14-9-5-11/h11,13H,2-10H2,1H3. The Labute approximate surface area is 92.4 Å². The van der Waals surface area contributed by atoms with Crippen LogP contribution < -0.4 is 5.32 Å². The molecule has 2 rings (SSSR count). The van der Waals surface area contributed by atoms with Crippen molar-refractivity contribution in [3.8, 4) is 0 Å². The van der Waals surface area contributed by atoms with Crippen LogP contribution in [0.15, 0.2) is 0 Å². The summed E-state index contributed by atoms with van der Waals surface area (Å²) >= 11 is 2.12. The Morgan fingerprint density at radius 3 is 2.50 bits per heavy atom. The molecule has 1 aliphatic heterocycles. The Kier molecular flexibility index (Phi) is 3.78. The van der Waals surface area contributed by atoms with Crippen LogP contribution in [0.5, 0.6) is 0 Å². The van der Waals surface area contributed by atoms with Crippen molar-refractivity contribution in [1.29, 1.82) is 0 Å². The molecule has 2 aliphatic rings. The van der Waals surface area contributed by atoms with E-state index in [-0.39, 0.29) is 0 Å². The van der Waals surface area contributed by atoms with Crippen LogP contribution in [-0.4, -0.2) is 24.1 Å². The van der Waals surface area contributed by atoms with Crippen LogP contribution in [0.2, 0.25) is 0 Å². The molecule has 0 bridgehead atoms. The van der Waals surface area contributed by atoms with E-state index >= 15 is 0 Å². The largest absolute Gasteiger partial charge is 0.313 e. The molecule has 0 unspecified atom stereocenters. The fourth-order valence-corrected chi connectivity index (χ4v) is 3.70. The average Bonchev–Trinajstić information content (AvgIpc) is 2.19. The zero-order chi connectivity index (χ0) is 9.86. The molecule has 1 saturated carbocycles. The predicted molar refractivity (Wildman–Crippen MR) is 64.9 cm³/mol. The van der Waals surface area contributed by atoms with Gasteiger partial charge in [-0.15, -0.1) is 0 Å². The number of hydrogen-bond acceptors (Lipinski definition) is 2. The first-order valence-electron chi connectivity index (χ1n) is 6.16. The molecule has 0 aromatic carbocycles. The van der Waals surface area contributed by atoms with Crippen molar-refractivity contribution in [2.75, 3.05) is 18.1 Å². The van der Waals surface area contributed by atoms with Crippen molar-refractivity contribution in [2.24, 2.45) is 5.41 Å². The second kappa shape index (κ2) is 4.89. The summed E-state index contributed by atoms with van der Waals surface area (Å²) in [6.07, 6.45) is 8.57. The molecule has 1 heterocycles. The molecule has 0 spiro atoms. The highest BCUT2D eigenvalue weighted by molar-refractivity contribution is 7.99. The fraction of sp³-hybridized carbons (Fsp3) is 1.00. The summed E-state index contributed by atoms with van der Waals surface area (Å²) in [6, 6.07) is 0.834. The average molecular weight is 213 g/mol. The lowest BCUT2D eigenvalue weighted by molar-refractivity contribution is 0.118. The van der Waals surface area contributed by atoms with Crippen molar-refractivity contribution < 1.29 is 0 Å². The molecule has 0 aromatic rings. The van der Waals surface area contributed by atoms with E-state index in [1.54, 1.807) is 0 Å². The highest BCUT2D eigenvalue weighted by Gasteiger charge is 2.35. The quantitative estimate of drug-likeness (QED) is 0.770. The summed E-state index contributed by atoms with van der Waals surface area (Å²) < 4.78 is 0. The molecular weight excluding hydrogens is 190 g/mol. The summed E-state index contributed by atoms with van der Waals surface area (Å²) in [4.78, 5) is 0. The van der Waals surface area contributed by atoms with Crippen LogP contribution in [0.1, 0.15) is 45.4 Å². The third kappa shape index (κ3) is 2.46. The van der Waals surface area contributed by atoms with Crippen LogP contribution in [0, 0.1) is 5.41 Å². The van der Waals surface area contributed by atoms with Gasteiger partial charge >= 0.3 is 0 Å². The predicted octanol–water partition coefficient (Wildman–Crippen LogP) is 3.05. The van der Waals surface area contributed by atoms with Crippen LogP contribution in [0.4, 0.5) is 0 Å². The molecule has 0 amide bonds. The maximum atomic E-state index is 3.80. The molecule has 2 heteroatoms. The third-order valence-corrected chi connectivity index (χ3v) is 5.20. The topological polar surface area (TPSA) is 12.0 Å². The molecule has 2 fully saturated rings. The Balaban J connectivity index is 1.69. The van der Waals surface area contributed by atoms with E-state index in [1.807, 2.05) is 0 Å². The van der Waals surface area contributed by atoms with Crippen molar-refractivity contribution in [1.82, 2.24) is 5.32 Å². The molecule has 0 atom stereocenters. The van der Waals surface area contributed by atoms with Gasteiger partial charge in [-0.05, 0) is 49.0 Å². The molecule has 1 N–H and O–H groups in total. The van der Waals surface area contributed by atoms with E-state index in [2.05, 4.69) is 24.0 Å². The third-order valence-electron chi connectivity index (χ3n) is 4.15. The molecule has 1 saturated heterocycles. The van der Waals surface area contributed by atoms with Gasteiger partial charge in [0.15, 0.2) is 0 Å². The van der Waals surface area contributed by atoms with Crippen LogP contribution >= 0.6 is 11.8 Å². The summed E-state index contributed by atoms with van der Waals surface area (Å²) in [5.74, 6) is 2.74. The van der Waals surface area contributed by atoms with Gasteiger partial charge in [0.25, 0.3) is 0 Å². The fourth-order valence-electron chi connectivity index (χ4n) is 2.59. The zero-order valence-electron chi connectivity index (χ0n) is 9.35. The maximum absolute atomic E-state index is 3.80. The van der Waals surface area contributed by atoms with E-state index in [0.717, 1.165) is 6.04 Å². The van der Waals surface area contributed by atoms with Gasteiger partial charge in [0.05, 0.1) is 0 Å². The van der Waals surface area contributed by atoms with Crippen LogP contribution in [-0.2, 0) is 0 Å². The second-order valence-electron chi connectivity index (χ2n) is 4.97. The van der Waals surface area contributed by atoms with Gasteiger partial charge in [-0.25, -0.2) is 0 Å². The lowest BCUT2D eigenvalue weighted by atomic mass is 9.67. The highest BCUT2D eigenvalue weighted by atomic mass is 32.2. The van der Waals surface area contributed by atoms with E-state index in [1.165, 1.54) is 56.6 Å². The van der Waals surface area contributed by atoms with Crippen molar-refractivity contribution in [3.63, 3.8) is 0 Å². The number of hydrogen-bond donors (Lipinski definition) is 1. The van der Waals surface area contributed by atoms with Crippen molar-refractivity contribution in [3.05, 3.63) is 0 Å². The molecule has 82 valence electrons. The number of rotatable bonds is 4. The minimum Gasteiger partial charge on any atom is -0.313 e. The lowest BCUT2D eigenvalue weighted by Crippen LogP contribution is -2.44. The SMILES string of the molecule is CCC1(CNC2CCSCC2)CCC1. The van der Waals surface area contributed by atoms with E-state index < -0.39 is 0 Å². The van der Waals surface area contributed by atoms with Crippen molar-refractivity contribution >= 4 is 11.8 Å². The van der Waals surface area contributed by atoms with Gasteiger partial charge in [-0.1, -0.05) is 13.3 Å². The molecule has 0 aromatic heterocycles. The highest BCUT2D eigenvalue weighted by Crippen LogP contribution is 2.43. The summed E-state index contributed by atoms with van der Waals surface area (Å²) in [7, 11) is 0. The summed E-state index contributed by atoms with van der Waals surface area (Å²) in [5.41, 5.74) is 0.699. The number of nitrogens with one attached hydrogen (secondary N) is 1. The molecule has 0 radical (unpaired) electrons.